The number of thioether (sulfide) groups is 1. The van der Waals surface area contributed by atoms with Crippen molar-refractivity contribution in [1.29, 1.82) is 5.26 Å². The van der Waals surface area contributed by atoms with Crippen molar-refractivity contribution in [1.82, 2.24) is 9.97 Å². The van der Waals surface area contributed by atoms with E-state index in [1.165, 1.54) is 22.9 Å². The third-order valence-electron chi connectivity index (χ3n) is 2.77. The van der Waals surface area contributed by atoms with E-state index < -0.39 is 0 Å². The van der Waals surface area contributed by atoms with E-state index in [9.17, 15) is 4.79 Å². The first kappa shape index (κ1) is 12.8. The van der Waals surface area contributed by atoms with Crippen molar-refractivity contribution in [3.05, 3.63) is 11.8 Å². The molecule has 18 heavy (non-hydrogen) atoms. The topological polar surface area (TPSA) is 90.1 Å². The number of nitriles is 1. The second-order valence-electron chi connectivity index (χ2n) is 3.96. The summed E-state index contributed by atoms with van der Waals surface area (Å²) in [7, 11) is 0. The van der Waals surface area contributed by atoms with Crippen LogP contribution in [0.4, 0.5) is 5.82 Å². The number of amides is 1. The third kappa shape index (κ3) is 2.30. The Balaban J connectivity index is 2.38. The number of aliphatic hydroxyl groups excluding tert-OH is 1. The molecule has 0 spiro atoms. The second-order valence-corrected chi connectivity index (χ2v) is 4.74. The van der Waals surface area contributed by atoms with Crippen LogP contribution in [0.1, 0.15) is 12.0 Å². The number of hydrogen-bond acceptors (Lipinski definition) is 6. The van der Waals surface area contributed by atoms with Crippen molar-refractivity contribution in [2.75, 3.05) is 24.3 Å². The number of rotatable bonds is 3. The molecule has 1 unspecified atom stereocenters. The molecular weight excluding hydrogens is 252 g/mol. The fraction of sp³-hybridized carbons (Fsp3) is 0.455. The van der Waals surface area contributed by atoms with Gasteiger partial charge in [-0.25, -0.2) is 9.97 Å². The molecule has 1 aliphatic rings. The molecular formula is C11H12N4O2S. The summed E-state index contributed by atoms with van der Waals surface area (Å²) in [5.41, 5.74) is 0.278. The largest absolute Gasteiger partial charge is 0.396 e. The van der Waals surface area contributed by atoms with Gasteiger partial charge in [0.1, 0.15) is 11.6 Å². The van der Waals surface area contributed by atoms with Crippen LogP contribution in [-0.2, 0) is 4.79 Å². The highest BCUT2D eigenvalue weighted by atomic mass is 32.2. The quantitative estimate of drug-likeness (QED) is 0.628. The van der Waals surface area contributed by atoms with Crippen LogP contribution in [0.25, 0.3) is 0 Å². The summed E-state index contributed by atoms with van der Waals surface area (Å²) in [5, 5.41) is 18.6. The van der Waals surface area contributed by atoms with Crippen molar-refractivity contribution in [2.45, 2.75) is 11.6 Å². The molecule has 0 bridgehead atoms. The summed E-state index contributed by atoms with van der Waals surface area (Å²) >= 11 is 1.35. The number of hydrogen-bond donors (Lipinski definition) is 1. The second kappa shape index (κ2) is 5.33. The minimum Gasteiger partial charge on any atom is -0.396 e. The van der Waals surface area contributed by atoms with Crippen LogP contribution in [0.3, 0.4) is 0 Å². The molecule has 94 valence electrons. The molecule has 0 aliphatic carbocycles. The molecule has 1 fully saturated rings. The minimum absolute atomic E-state index is 0.0371. The summed E-state index contributed by atoms with van der Waals surface area (Å²) in [5.74, 6) is 0.144. The van der Waals surface area contributed by atoms with Crippen molar-refractivity contribution >= 4 is 23.5 Å². The van der Waals surface area contributed by atoms with Crippen LogP contribution in [0.2, 0.25) is 0 Å². The highest BCUT2D eigenvalue weighted by molar-refractivity contribution is 7.98. The van der Waals surface area contributed by atoms with Gasteiger partial charge in [-0.15, -0.1) is 0 Å². The molecule has 0 aromatic carbocycles. The molecule has 1 atom stereocenters. The molecule has 0 saturated carbocycles. The van der Waals surface area contributed by atoms with Gasteiger partial charge in [-0.05, 0) is 6.26 Å². The first-order valence-corrected chi connectivity index (χ1v) is 6.64. The fourth-order valence-electron chi connectivity index (χ4n) is 1.85. The zero-order valence-electron chi connectivity index (χ0n) is 9.83. The van der Waals surface area contributed by atoms with Gasteiger partial charge >= 0.3 is 0 Å². The normalized spacial score (nSPS) is 19.1. The monoisotopic (exact) mass is 264 g/mol. The van der Waals surface area contributed by atoms with E-state index in [4.69, 9.17) is 10.4 Å². The van der Waals surface area contributed by atoms with E-state index in [0.29, 0.717) is 23.9 Å². The Labute approximate surface area is 109 Å². The molecule has 1 saturated heterocycles. The lowest BCUT2D eigenvalue weighted by atomic mass is 10.1. The maximum atomic E-state index is 11.9. The van der Waals surface area contributed by atoms with E-state index in [0.717, 1.165) is 0 Å². The van der Waals surface area contributed by atoms with E-state index in [1.807, 2.05) is 12.3 Å². The number of nitrogens with zero attached hydrogens (tertiary/aromatic N) is 4. The van der Waals surface area contributed by atoms with Crippen LogP contribution < -0.4 is 4.90 Å². The van der Waals surface area contributed by atoms with Crippen molar-refractivity contribution in [2.24, 2.45) is 5.92 Å². The third-order valence-corrected chi connectivity index (χ3v) is 3.33. The van der Waals surface area contributed by atoms with Gasteiger partial charge in [0.25, 0.3) is 0 Å². The fourth-order valence-corrected chi connectivity index (χ4v) is 2.18. The number of carbonyl (C=O) groups excluding carboxylic acids is 1. The highest BCUT2D eigenvalue weighted by Gasteiger charge is 2.32. The SMILES string of the molecule is CSc1ncc(C#N)c(N2CC(CO)CC2=O)n1. The van der Waals surface area contributed by atoms with Crippen LogP contribution >= 0.6 is 11.8 Å². The predicted molar refractivity (Wildman–Crippen MR) is 66.1 cm³/mol. The van der Waals surface area contributed by atoms with Crippen LogP contribution in [-0.4, -0.2) is 40.4 Å². The van der Waals surface area contributed by atoms with Crippen LogP contribution in [0.15, 0.2) is 11.4 Å². The predicted octanol–water partition coefficient (Wildman–Crippen LogP) is 0.415. The van der Waals surface area contributed by atoms with E-state index in [1.54, 1.807) is 0 Å². The lowest BCUT2D eigenvalue weighted by molar-refractivity contribution is -0.117. The summed E-state index contributed by atoms with van der Waals surface area (Å²) in [4.78, 5) is 21.5. The number of aromatic nitrogens is 2. The van der Waals surface area contributed by atoms with Crippen molar-refractivity contribution in [3.8, 4) is 6.07 Å². The van der Waals surface area contributed by atoms with Gasteiger partial charge in [0.05, 0.1) is 6.20 Å². The van der Waals surface area contributed by atoms with E-state index in [2.05, 4.69) is 9.97 Å². The molecule has 0 radical (unpaired) electrons. The van der Waals surface area contributed by atoms with Crippen molar-refractivity contribution in [3.63, 3.8) is 0 Å². The standard InChI is InChI=1S/C11H12N4O2S/c1-18-11-13-4-8(3-12)10(14-11)15-5-7(6-16)2-9(15)17/h4,7,16H,2,5-6H2,1H3. The van der Waals surface area contributed by atoms with Gasteiger partial charge in [-0.3, -0.25) is 9.69 Å². The molecule has 7 heteroatoms. The van der Waals surface area contributed by atoms with Gasteiger partial charge in [-0.2, -0.15) is 5.26 Å². The Bertz CT molecular complexity index is 514. The molecule has 2 heterocycles. The van der Waals surface area contributed by atoms with E-state index in [-0.39, 0.29) is 24.0 Å². The molecule has 1 amide bonds. The Morgan fingerprint density at radius 1 is 1.72 bits per heavy atom. The summed E-state index contributed by atoms with van der Waals surface area (Å²) in [6.07, 6.45) is 3.54. The Morgan fingerprint density at radius 3 is 3.06 bits per heavy atom. The maximum absolute atomic E-state index is 11.9. The molecule has 1 aliphatic heterocycles. The summed E-state index contributed by atoms with van der Waals surface area (Å²) < 4.78 is 0. The zero-order valence-corrected chi connectivity index (χ0v) is 10.6. The smallest absolute Gasteiger partial charge is 0.228 e. The molecule has 1 N–H and O–H groups in total. The Kier molecular flexibility index (Phi) is 3.79. The summed E-state index contributed by atoms with van der Waals surface area (Å²) in [6.45, 7) is 0.361. The molecule has 2 rings (SSSR count). The van der Waals surface area contributed by atoms with Gasteiger partial charge in [-0.1, -0.05) is 11.8 Å². The lowest BCUT2D eigenvalue weighted by Crippen LogP contribution is -2.27. The van der Waals surface area contributed by atoms with Crippen LogP contribution in [0, 0.1) is 17.2 Å². The first-order valence-electron chi connectivity index (χ1n) is 5.42. The van der Waals surface area contributed by atoms with Gasteiger partial charge in [0.2, 0.25) is 5.91 Å². The Hall–Kier alpha value is -1.65. The van der Waals surface area contributed by atoms with Gasteiger partial charge < -0.3 is 5.11 Å². The van der Waals surface area contributed by atoms with E-state index >= 15 is 0 Å². The Morgan fingerprint density at radius 2 is 2.50 bits per heavy atom. The lowest BCUT2D eigenvalue weighted by Gasteiger charge is -2.16. The minimum atomic E-state index is -0.115. The summed E-state index contributed by atoms with van der Waals surface area (Å²) in [6, 6.07) is 1.99. The van der Waals surface area contributed by atoms with Crippen molar-refractivity contribution < 1.29 is 9.90 Å². The average molecular weight is 264 g/mol. The van der Waals surface area contributed by atoms with Gasteiger partial charge in [0, 0.05) is 25.5 Å². The first-order chi connectivity index (χ1) is 8.69. The maximum Gasteiger partial charge on any atom is 0.228 e. The van der Waals surface area contributed by atoms with Crippen LogP contribution in [0.5, 0.6) is 0 Å². The number of carbonyl (C=O) groups is 1. The van der Waals surface area contributed by atoms with Gasteiger partial charge in [0.15, 0.2) is 11.0 Å². The highest BCUT2D eigenvalue weighted by Crippen LogP contribution is 2.26. The zero-order chi connectivity index (χ0) is 13.1. The molecule has 6 nitrogen and oxygen atoms in total. The molecule has 1 aromatic rings. The molecule has 1 aromatic heterocycles. The average Bonchev–Trinajstić information content (AvgIpc) is 2.79. The number of aliphatic hydroxyl groups is 1. The number of anilines is 1.